The molecule has 0 bridgehead atoms. The Morgan fingerprint density at radius 2 is 1.93 bits per heavy atom. The quantitative estimate of drug-likeness (QED) is 0.431. The lowest BCUT2D eigenvalue weighted by Crippen LogP contribution is -2.33. The average Bonchev–Trinajstić information content (AvgIpc) is 2.18. The molecule has 0 fully saturated rings. The zero-order chi connectivity index (χ0) is 10.4. The molecule has 1 aromatic rings. The summed E-state index contributed by atoms with van der Waals surface area (Å²) in [7, 11) is -1.00. The smallest absolute Gasteiger partial charge is 0.422 e. The molecule has 1 aromatic carbocycles. The Labute approximate surface area is 84.7 Å². The van der Waals surface area contributed by atoms with Gasteiger partial charge in [-0.15, -0.1) is 0 Å². The Balaban J connectivity index is 2.32. The van der Waals surface area contributed by atoms with Crippen molar-refractivity contribution >= 4 is 12.6 Å². The minimum atomic E-state index is -1.00. The summed E-state index contributed by atoms with van der Waals surface area (Å²) in [6.07, 6.45) is 0. The van der Waals surface area contributed by atoms with Crippen LogP contribution < -0.4 is 5.46 Å². The van der Waals surface area contributed by atoms with Crippen molar-refractivity contribution in [2.45, 2.75) is 13.8 Å². The molecule has 0 aliphatic rings. The molecule has 4 heteroatoms. The van der Waals surface area contributed by atoms with E-state index in [-0.39, 0.29) is 0 Å². The number of rotatable bonds is 5. The van der Waals surface area contributed by atoms with Crippen LogP contribution in [0.4, 0.5) is 0 Å². The lowest BCUT2D eigenvalue weighted by molar-refractivity contribution is -0.227. The van der Waals surface area contributed by atoms with Crippen LogP contribution in [0.1, 0.15) is 13.8 Å². The van der Waals surface area contributed by atoms with Gasteiger partial charge in [0.15, 0.2) is 0 Å². The molecular weight excluding hydrogens is 179 g/mol. The van der Waals surface area contributed by atoms with Crippen LogP contribution in [-0.4, -0.2) is 18.7 Å². The van der Waals surface area contributed by atoms with Gasteiger partial charge in [0.05, 0.1) is 6.61 Å². The Hall–Kier alpha value is -0.835. The molecule has 0 spiro atoms. The van der Waals surface area contributed by atoms with E-state index in [2.05, 4.69) is 0 Å². The summed E-state index contributed by atoms with van der Waals surface area (Å²) in [6.45, 7) is 4.50. The first-order valence-corrected chi connectivity index (χ1v) is 4.71. The Morgan fingerprint density at radius 1 is 1.29 bits per heavy atom. The normalized spacial score (nSPS) is 10.6. The zero-order valence-corrected chi connectivity index (χ0v) is 8.51. The fourth-order valence-electron chi connectivity index (χ4n) is 0.913. The van der Waals surface area contributed by atoms with Crippen molar-refractivity contribution in [2.75, 3.05) is 6.61 Å². The van der Waals surface area contributed by atoms with E-state index in [4.69, 9.17) is 9.69 Å². The summed E-state index contributed by atoms with van der Waals surface area (Å²) >= 11 is 0. The van der Waals surface area contributed by atoms with Gasteiger partial charge in [-0.1, -0.05) is 44.2 Å². The second-order valence-corrected chi connectivity index (χ2v) is 3.54. The SMILES string of the molecule is CC(C)COOB(O)c1ccccc1. The highest BCUT2D eigenvalue weighted by molar-refractivity contribution is 6.59. The summed E-state index contributed by atoms with van der Waals surface area (Å²) in [6, 6.07) is 9.12. The second kappa shape index (κ2) is 5.80. The van der Waals surface area contributed by atoms with Gasteiger partial charge < -0.3 is 5.02 Å². The third kappa shape index (κ3) is 3.92. The lowest BCUT2D eigenvalue weighted by atomic mass is 9.80. The second-order valence-electron chi connectivity index (χ2n) is 3.54. The van der Waals surface area contributed by atoms with E-state index in [1.807, 2.05) is 32.0 Å². The van der Waals surface area contributed by atoms with Crippen molar-refractivity contribution in [1.82, 2.24) is 0 Å². The van der Waals surface area contributed by atoms with Gasteiger partial charge >= 0.3 is 7.12 Å². The highest BCUT2D eigenvalue weighted by Crippen LogP contribution is 1.94. The highest BCUT2D eigenvalue weighted by atomic mass is 17.2. The summed E-state index contributed by atoms with van der Waals surface area (Å²) in [5.41, 5.74) is 0.691. The first kappa shape index (κ1) is 11.2. The molecule has 0 radical (unpaired) electrons. The van der Waals surface area contributed by atoms with Gasteiger partial charge in [0.25, 0.3) is 0 Å². The number of hydrogen-bond acceptors (Lipinski definition) is 3. The van der Waals surface area contributed by atoms with Gasteiger partial charge in [0, 0.05) is 0 Å². The van der Waals surface area contributed by atoms with Crippen molar-refractivity contribution in [3.05, 3.63) is 30.3 Å². The van der Waals surface area contributed by atoms with Crippen molar-refractivity contribution in [3.63, 3.8) is 0 Å². The van der Waals surface area contributed by atoms with Crippen LogP contribution in [0.3, 0.4) is 0 Å². The Morgan fingerprint density at radius 3 is 2.50 bits per heavy atom. The molecule has 1 rings (SSSR count). The van der Waals surface area contributed by atoms with Gasteiger partial charge in [-0.25, -0.2) is 4.89 Å². The maximum atomic E-state index is 9.49. The fourth-order valence-corrected chi connectivity index (χ4v) is 0.913. The fraction of sp³-hybridized carbons (Fsp3) is 0.400. The molecule has 0 aliphatic heterocycles. The van der Waals surface area contributed by atoms with E-state index in [0.717, 1.165) is 0 Å². The van der Waals surface area contributed by atoms with E-state index < -0.39 is 7.12 Å². The zero-order valence-electron chi connectivity index (χ0n) is 8.51. The predicted octanol–water partition coefficient (Wildman–Crippen LogP) is 0.978. The summed E-state index contributed by atoms with van der Waals surface area (Å²) in [5.74, 6) is 0.387. The average molecular weight is 194 g/mol. The first-order chi connectivity index (χ1) is 6.70. The van der Waals surface area contributed by atoms with Gasteiger partial charge in [0.1, 0.15) is 0 Å². The topological polar surface area (TPSA) is 38.7 Å². The van der Waals surface area contributed by atoms with Gasteiger partial charge in [-0.05, 0) is 11.4 Å². The predicted molar refractivity (Wildman–Crippen MR) is 55.9 cm³/mol. The van der Waals surface area contributed by atoms with E-state index in [1.165, 1.54) is 0 Å². The molecule has 0 saturated carbocycles. The molecule has 14 heavy (non-hydrogen) atoms. The largest absolute Gasteiger partial charge is 0.523 e. The van der Waals surface area contributed by atoms with Crippen LogP contribution in [0.25, 0.3) is 0 Å². The molecule has 0 atom stereocenters. The molecular formula is C10H15BO3. The number of hydrogen-bond donors (Lipinski definition) is 1. The third-order valence-electron chi connectivity index (χ3n) is 1.65. The molecule has 3 nitrogen and oxygen atoms in total. The minimum absolute atomic E-state index is 0.387. The molecule has 0 aromatic heterocycles. The standard InChI is InChI=1S/C10H15BO3/c1-9(2)8-13-14-11(12)10-6-4-3-5-7-10/h3-7,9,12H,8H2,1-2H3. The Bertz CT molecular complexity index is 251. The molecule has 1 N–H and O–H groups in total. The van der Waals surface area contributed by atoms with Crippen LogP contribution >= 0.6 is 0 Å². The maximum Gasteiger partial charge on any atom is 0.523 e. The lowest BCUT2D eigenvalue weighted by Gasteiger charge is -2.08. The van der Waals surface area contributed by atoms with Crippen molar-refractivity contribution in [1.29, 1.82) is 0 Å². The Kier molecular flexibility index (Phi) is 4.66. The highest BCUT2D eigenvalue weighted by Gasteiger charge is 2.17. The first-order valence-electron chi connectivity index (χ1n) is 4.71. The van der Waals surface area contributed by atoms with Crippen LogP contribution in [-0.2, 0) is 9.69 Å². The molecule has 0 heterocycles. The minimum Gasteiger partial charge on any atom is -0.422 e. The van der Waals surface area contributed by atoms with Crippen LogP contribution in [0.2, 0.25) is 0 Å². The molecule has 0 saturated heterocycles. The summed E-state index contributed by atoms with van der Waals surface area (Å²) in [4.78, 5) is 9.66. The van der Waals surface area contributed by atoms with Crippen LogP contribution in [0.5, 0.6) is 0 Å². The molecule has 0 amide bonds. The molecule has 0 unspecified atom stereocenters. The summed E-state index contributed by atoms with van der Waals surface area (Å²) in [5, 5.41) is 9.49. The van der Waals surface area contributed by atoms with Crippen LogP contribution in [0, 0.1) is 5.92 Å². The van der Waals surface area contributed by atoms with E-state index in [0.29, 0.717) is 18.0 Å². The van der Waals surface area contributed by atoms with E-state index >= 15 is 0 Å². The van der Waals surface area contributed by atoms with E-state index in [9.17, 15) is 5.02 Å². The van der Waals surface area contributed by atoms with E-state index in [1.54, 1.807) is 12.1 Å². The maximum absolute atomic E-state index is 9.49. The van der Waals surface area contributed by atoms with Crippen LogP contribution in [0.15, 0.2) is 30.3 Å². The van der Waals surface area contributed by atoms with Crippen molar-refractivity contribution in [3.8, 4) is 0 Å². The van der Waals surface area contributed by atoms with Gasteiger partial charge in [-0.2, -0.15) is 0 Å². The van der Waals surface area contributed by atoms with Crippen molar-refractivity contribution in [2.24, 2.45) is 5.92 Å². The molecule has 76 valence electrons. The third-order valence-corrected chi connectivity index (χ3v) is 1.65. The van der Waals surface area contributed by atoms with Gasteiger partial charge in [0.2, 0.25) is 0 Å². The molecule has 0 aliphatic carbocycles. The monoisotopic (exact) mass is 194 g/mol. The van der Waals surface area contributed by atoms with Gasteiger partial charge in [-0.3, -0.25) is 4.81 Å². The van der Waals surface area contributed by atoms with Crippen molar-refractivity contribution < 1.29 is 14.7 Å². The summed E-state index contributed by atoms with van der Waals surface area (Å²) < 4.78 is 0. The number of benzene rings is 1.